The van der Waals surface area contributed by atoms with Gasteiger partial charge in [-0.1, -0.05) is 15.9 Å². The van der Waals surface area contributed by atoms with Gasteiger partial charge >= 0.3 is 11.9 Å². The van der Waals surface area contributed by atoms with Crippen LogP contribution in [0.5, 0.6) is 5.75 Å². The Kier molecular flexibility index (Phi) is 7.78. The summed E-state index contributed by atoms with van der Waals surface area (Å²) in [4.78, 5) is 23.3. The molecular weight excluding hydrogens is 344 g/mol. The Morgan fingerprint density at radius 1 is 1.00 bits per heavy atom. The third kappa shape index (κ3) is 5.35. The lowest BCUT2D eigenvalue weighted by molar-refractivity contribution is 0.0554. The Balaban J connectivity index is 2.79. The third-order valence-corrected chi connectivity index (χ3v) is 2.84. The van der Waals surface area contributed by atoms with Crippen molar-refractivity contribution in [3.63, 3.8) is 0 Å². The van der Waals surface area contributed by atoms with Gasteiger partial charge < -0.3 is 18.9 Å². The van der Waals surface area contributed by atoms with E-state index < -0.39 is 11.9 Å². The van der Waals surface area contributed by atoms with E-state index in [1.807, 2.05) is 0 Å². The molecule has 0 heterocycles. The van der Waals surface area contributed by atoms with Crippen LogP contribution >= 0.6 is 15.9 Å². The Hall–Kier alpha value is -1.60. The van der Waals surface area contributed by atoms with E-state index in [9.17, 15) is 9.59 Å². The van der Waals surface area contributed by atoms with Gasteiger partial charge in [0, 0.05) is 5.33 Å². The first-order valence-electron chi connectivity index (χ1n) is 6.21. The molecule has 0 atom stereocenters. The maximum atomic E-state index is 11.7. The van der Waals surface area contributed by atoms with Gasteiger partial charge in [0.15, 0.2) is 0 Å². The molecule has 1 aromatic rings. The van der Waals surface area contributed by atoms with Crippen molar-refractivity contribution < 1.29 is 28.5 Å². The SMILES string of the molecule is COC(=O)c1ccc(OCCOCCBr)cc1C(=O)OC. The van der Waals surface area contributed by atoms with Gasteiger partial charge in [-0.05, 0) is 18.2 Å². The molecule has 0 saturated carbocycles. The number of carbonyl (C=O) groups excluding carboxylic acids is 2. The van der Waals surface area contributed by atoms with Crippen molar-refractivity contribution in [1.29, 1.82) is 0 Å². The van der Waals surface area contributed by atoms with Crippen LogP contribution in [0.2, 0.25) is 0 Å². The molecule has 0 aliphatic heterocycles. The minimum atomic E-state index is -0.628. The molecule has 7 heteroatoms. The molecule has 0 N–H and O–H groups in total. The molecule has 0 aliphatic carbocycles. The molecule has 0 spiro atoms. The Labute approximate surface area is 131 Å². The molecule has 0 bridgehead atoms. The second-order valence-corrected chi connectivity index (χ2v) is 4.63. The van der Waals surface area contributed by atoms with Crippen LogP contribution in [0.1, 0.15) is 20.7 Å². The number of ether oxygens (including phenoxy) is 4. The highest BCUT2D eigenvalue weighted by Crippen LogP contribution is 2.19. The number of halogens is 1. The predicted octanol–water partition coefficient (Wildman–Crippen LogP) is 2.05. The van der Waals surface area contributed by atoms with Crippen LogP contribution in [0, 0.1) is 0 Å². The van der Waals surface area contributed by atoms with Gasteiger partial charge in [-0.25, -0.2) is 9.59 Å². The van der Waals surface area contributed by atoms with Gasteiger partial charge in [-0.2, -0.15) is 0 Å². The number of rotatable bonds is 8. The predicted molar refractivity (Wildman–Crippen MR) is 79.2 cm³/mol. The topological polar surface area (TPSA) is 71.1 Å². The largest absolute Gasteiger partial charge is 0.491 e. The molecule has 21 heavy (non-hydrogen) atoms. The first-order chi connectivity index (χ1) is 10.1. The lowest BCUT2D eigenvalue weighted by Crippen LogP contribution is -2.13. The lowest BCUT2D eigenvalue weighted by atomic mass is 10.1. The van der Waals surface area contributed by atoms with Crippen LogP contribution < -0.4 is 4.74 Å². The normalized spacial score (nSPS) is 10.0. The van der Waals surface area contributed by atoms with Crippen molar-refractivity contribution in [1.82, 2.24) is 0 Å². The van der Waals surface area contributed by atoms with Crippen molar-refractivity contribution >= 4 is 27.9 Å². The quantitative estimate of drug-likeness (QED) is 0.401. The molecule has 0 saturated heterocycles. The Morgan fingerprint density at radius 3 is 2.29 bits per heavy atom. The molecule has 6 nitrogen and oxygen atoms in total. The van der Waals surface area contributed by atoms with Gasteiger partial charge in [0.2, 0.25) is 0 Å². The van der Waals surface area contributed by atoms with Crippen molar-refractivity contribution in [2.45, 2.75) is 0 Å². The Morgan fingerprint density at radius 2 is 1.67 bits per heavy atom. The maximum Gasteiger partial charge on any atom is 0.338 e. The molecule has 0 aromatic heterocycles. The van der Waals surface area contributed by atoms with Gasteiger partial charge in [-0.3, -0.25) is 0 Å². The number of hydrogen-bond donors (Lipinski definition) is 0. The summed E-state index contributed by atoms with van der Waals surface area (Å²) in [6, 6.07) is 4.50. The summed E-state index contributed by atoms with van der Waals surface area (Å²) in [7, 11) is 2.49. The summed E-state index contributed by atoms with van der Waals surface area (Å²) in [6.07, 6.45) is 0. The zero-order valence-electron chi connectivity index (χ0n) is 11.9. The van der Waals surface area contributed by atoms with E-state index in [0.29, 0.717) is 25.6 Å². The Bertz CT molecular complexity index is 488. The molecule has 0 fully saturated rings. The van der Waals surface area contributed by atoms with Gasteiger partial charge in [0.1, 0.15) is 12.4 Å². The highest BCUT2D eigenvalue weighted by molar-refractivity contribution is 9.09. The highest BCUT2D eigenvalue weighted by Gasteiger charge is 2.19. The van der Waals surface area contributed by atoms with Crippen LogP contribution in [-0.2, 0) is 14.2 Å². The minimum Gasteiger partial charge on any atom is -0.491 e. The summed E-state index contributed by atoms with van der Waals surface area (Å²) >= 11 is 3.25. The number of esters is 2. The van der Waals surface area contributed by atoms with Crippen molar-refractivity contribution in [3.05, 3.63) is 29.3 Å². The van der Waals surface area contributed by atoms with E-state index in [-0.39, 0.29) is 11.1 Å². The minimum absolute atomic E-state index is 0.100. The molecule has 0 aliphatic rings. The van der Waals surface area contributed by atoms with Crippen molar-refractivity contribution in [2.24, 2.45) is 0 Å². The van der Waals surface area contributed by atoms with Gasteiger partial charge in [-0.15, -0.1) is 0 Å². The van der Waals surface area contributed by atoms with E-state index in [0.717, 1.165) is 5.33 Å². The van der Waals surface area contributed by atoms with Crippen molar-refractivity contribution in [3.8, 4) is 5.75 Å². The molecular formula is C14H17BrO6. The van der Waals surface area contributed by atoms with E-state index >= 15 is 0 Å². The van der Waals surface area contributed by atoms with Gasteiger partial charge in [0.25, 0.3) is 0 Å². The monoisotopic (exact) mass is 360 g/mol. The zero-order chi connectivity index (χ0) is 15.7. The summed E-state index contributed by atoms with van der Waals surface area (Å²) in [6.45, 7) is 1.36. The van der Waals surface area contributed by atoms with Crippen LogP contribution in [0.15, 0.2) is 18.2 Å². The lowest BCUT2D eigenvalue weighted by Gasteiger charge is -2.10. The summed E-state index contributed by atoms with van der Waals surface area (Å²) < 4.78 is 20.0. The maximum absolute atomic E-state index is 11.7. The summed E-state index contributed by atoms with van der Waals surface area (Å²) in [5, 5.41) is 0.757. The molecule has 0 amide bonds. The zero-order valence-corrected chi connectivity index (χ0v) is 13.5. The molecule has 1 rings (SSSR count). The highest BCUT2D eigenvalue weighted by atomic mass is 79.9. The first kappa shape index (κ1) is 17.5. The van der Waals surface area contributed by atoms with E-state index in [1.54, 1.807) is 6.07 Å². The third-order valence-electron chi connectivity index (χ3n) is 2.52. The van der Waals surface area contributed by atoms with Gasteiger partial charge in [0.05, 0.1) is 38.6 Å². The second-order valence-electron chi connectivity index (χ2n) is 3.84. The van der Waals surface area contributed by atoms with Crippen LogP contribution in [0.25, 0.3) is 0 Å². The fourth-order valence-corrected chi connectivity index (χ4v) is 1.78. The summed E-state index contributed by atoms with van der Waals surface area (Å²) in [5.41, 5.74) is 0.232. The van der Waals surface area contributed by atoms with E-state index in [1.165, 1.54) is 26.4 Å². The van der Waals surface area contributed by atoms with Crippen LogP contribution in [0.3, 0.4) is 0 Å². The van der Waals surface area contributed by atoms with E-state index in [4.69, 9.17) is 9.47 Å². The summed E-state index contributed by atoms with van der Waals surface area (Å²) in [5.74, 6) is -0.788. The molecule has 0 unspecified atom stereocenters. The second kappa shape index (κ2) is 9.36. The average Bonchev–Trinajstić information content (AvgIpc) is 2.53. The fourth-order valence-electron chi connectivity index (χ4n) is 1.56. The van der Waals surface area contributed by atoms with Crippen LogP contribution in [-0.4, -0.2) is 51.3 Å². The number of carbonyl (C=O) groups is 2. The average molecular weight is 361 g/mol. The molecule has 1 aromatic carbocycles. The smallest absolute Gasteiger partial charge is 0.338 e. The fraction of sp³-hybridized carbons (Fsp3) is 0.429. The number of benzene rings is 1. The molecule has 116 valence electrons. The van der Waals surface area contributed by atoms with Crippen LogP contribution in [0.4, 0.5) is 0 Å². The standard InChI is InChI=1S/C14H17BrO6/c1-18-13(16)11-4-3-10(9-12(11)14(17)19-2)21-8-7-20-6-5-15/h3-4,9H,5-8H2,1-2H3. The molecule has 0 radical (unpaired) electrons. The number of hydrogen-bond acceptors (Lipinski definition) is 6. The first-order valence-corrected chi connectivity index (χ1v) is 7.33. The van der Waals surface area contributed by atoms with Crippen molar-refractivity contribution in [2.75, 3.05) is 39.4 Å². The number of alkyl halides is 1. The number of methoxy groups -OCH3 is 2. The van der Waals surface area contributed by atoms with E-state index in [2.05, 4.69) is 25.4 Å².